The lowest BCUT2D eigenvalue weighted by molar-refractivity contribution is -0.191. The fraction of sp³-hybridized carbons (Fsp3) is 0.492. The number of H-pyrrole nitrogens is 3. The van der Waals surface area contributed by atoms with Crippen LogP contribution in [-0.2, 0) is 53.0 Å². The van der Waals surface area contributed by atoms with Gasteiger partial charge in [0.2, 0.25) is 0 Å². The summed E-state index contributed by atoms with van der Waals surface area (Å²) in [7, 11) is 0. The van der Waals surface area contributed by atoms with Crippen LogP contribution in [0.15, 0.2) is 60.8 Å². The van der Waals surface area contributed by atoms with Crippen molar-refractivity contribution in [3.63, 3.8) is 0 Å². The number of nitrogens with zero attached hydrogens (tertiary/aromatic N) is 6. The molecule has 12 rings (SSSR count). The highest BCUT2D eigenvalue weighted by Crippen LogP contribution is 2.37. The molecule has 0 radical (unpaired) electrons. The van der Waals surface area contributed by atoms with E-state index in [1.165, 1.54) is 18.2 Å². The summed E-state index contributed by atoms with van der Waals surface area (Å²) in [5.74, 6) is -0.212. The average Bonchev–Trinajstić information content (AvgIpc) is 4.11. The van der Waals surface area contributed by atoms with Gasteiger partial charge in [0.25, 0.3) is 11.8 Å². The third-order valence-electron chi connectivity index (χ3n) is 16.1. The molecular weight excluding hydrogens is 1200 g/mol. The van der Waals surface area contributed by atoms with Gasteiger partial charge >= 0.3 is 12.2 Å². The van der Waals surface area contributed by atoms with Crippen molar-refractivity contribution in [1.29, 1.82) is 0 Å². The topological polar surface area (TPSA) is 202 Å². The van der Waals surface area contributed by atoms with E-state index in [-0.39, 0.29) is 88.2 Å². The fourth-order valence-corrected chi connectivity index (χ4v) is 12.6. The second kappa shape index (κ2) is 32.2. The molecule has 16 nitrogen and oxygen atoms in total. The molecule has 0 bridgehead atoms. The van der Waals surface area contributed by atoms with Gasteiger partial charge in [-0.15, -0.1) is 24.8 Å². The van der Waals surface area contributed by atoms with Crippen LogP contribution in [0.5, 0.6) is 0 Å². The molecule has 7 heterocycles. The van der Waals surface area contributed by atoms with E-state index in [0.717, 1.165) is 160 Å². The van der Waals surface area contributed by atoms with Crippen LogP contribution in [0.3, 0.4) is 0 Å². The van der Waals surface area contributed by atoms with E-state index in [1.54, 1.807) is 29.3 Å². The normalized spacial score (nSPS) is 16.8. The Morgan fingerprint density at radius 3 is 1.38 bits per heavy atom. The minimum absolute atomic E-state index is 0. The van der Waals surface area contributed by atoms with Gasteiger partial charge in [-0.05, 0) is 176 Å². The molecule has 0 spiro atoms. The molecule has 460 valence electrons. The van der Waals surface area contributed by atoms with E-state index in [2.05, 4.69) is 35.9 Å². The highest BCUT2D eigenvalue weighted by molar-refractivity contribution is 6.32. The van der Waals surface area contributed by atoms with E-state index < -0.39 is 5.60 Å². The van der Waals surface area contributed by atoms with Gasteiger partial charge in [-0.1, -0.05) is 71.2 Å². The highest BCUT2D eigenvalue weighted by Gasteiger charge is 2.33. The number of fused-ring (bicyclic) bond motifs is 3. The number of piperidine rings is 3. The Kier molecular flexibility index (Phi) is 25.8. The van der Waals surface area contributed by atoms with Gasteiger partial charge in [0.05, 0.1) is 27.8 Å². The number of aryl methyl sites for hydroxylation is 2. The molecule has 4 N–H and O–H groups in total. The zero-order chi connectivity index (χ0) is 59.2. The minimum Gasteiger partial charge on any atom is -0.444 e. The molecule has 3 aromatic carbocycles. The number of carbonyl (C=O) groups is 3. The van der Waals surface area contributed by atoms with E-state index in [1.807, 2.05) is 48.8 Å². The van der Waals surface area contributed by atoms with Gasteiger partial charge in [-0.3, -0.25) is 24.9 Å². The zero-order valence-corrected chi connectivity index (χ0v) is 51.9. The van der Waals surface area contributed by atoms with Crippen molar-refractivity contribution in [3.8, 4) is 0 Å². The number of halogens is 8. The molecule has 24 heteroatoms. The molecule has 85 heavy (non-hydrogen) atoms. The van der Waals surface area contributed by atoms with Crippen LogP contribution in [0.1, 0.15) is 174 Å². The first-order valence-corrected chi connectivity index (χ1v) is 29.8. The Morgan fingerprint density at radius 1 is 0.565 bits per heavy atom. The second-order valence-corrected chi connectivity index (χ2v) is 23.8. The fourth-order valence-electron chi connectivity index (χ4n) is 11.7. The smallest absolute Gasteiger partial charge is 0.410 e. The van der Waals surface area contributed by atoms with Crippen LogP contribution in [-0.4, -0.2) is 121 Å². The maximum Gasteiger partial charge on any atom is 0.410 e. The lowest BCUT2D eigenvalue weighted by atomic mass is 9.89. The van der Waals surface area contributed by atoms with Gasteiger partial charge < -0.3 is 24.8 Å². The molecular formula is C61H74Cl5F3N10O6. The summed E-state index contributed by atoms with van der Waals surface area (Å²) in [6.45, 7) is 11.5. The average molecular weight is 1280 g/mol. The van der Waals surface area contributed by atoms with Gasteiger partial charge in [-0.2, -0.15) is 24.9 Å². The minimum atomic E-state index is -0.437. The molecule has 6 aliphatic rings. The summed E-state index contributed by atoms with van der Waals surface area (Å²) in [6, 6.07) is 15.0. The molecule has 4 aliphatic heterocycles. The first-order chi connectivity index (χ1) is 40.0. The maximum atomic E-state index is 13.7. The molecule has 3 fully saturated rings. The Hall–Kier alpha value is -5.92. The van der Waals surface area contributed by atoms with E-state index in [4.69, 9.17) is 49.1 Å². The van der Waals surface area contributed by atoms with Crippen LogP contribution in [0.4, 0.5) is 18.0 Å². The summed E-state index contributed by atoms with van der Waals surface area (Å²) in [5.41, 5.74) is 10.1. The number of aromatic amines is 3. The Labute approximate surface area is 521 Å². The van der Waals surface area contributed by atoms with Crippen LogP contribution in [0.2, 0.25) is 15.1 Å². The van der Waals surface area contributed by atoms with Crippen molar-refractivity contribution < 1.29 is 41.9 Å². The number of hydrogen-bond acceptors (Lipinski definition) is 10. The maximum absolute atomic E-state index is 13.7. The predicted molar refractivity (Wildman–Crippen MR) is 324 cm³/mol. The van der Waals surface area contributed by atoms with Gasteiger partial charge in [0, 0.05) is 72.9 Å². The Bertz CT molecular complexity index is 3080. The molecule has 3 aromatic heterocycles. The van der Waals surface area contributed by atoms with Gasteiger partial charge in [0.1, 0.15) is 23.1 Å². The van der Waals surface area contributed by atoms with Crippen LogP contribution in [0.25, 0.3) is 0 Å². The third-order valence-corrected chi connectivity index (χ3v) is 17.3. The van der Waals surface area contributed by atoms with Crippen molar-refractivity contribution in [2.24, 2.45) is 0 Å². The first-order valence-electron chi connectivity index (χ1n) is 28.7. The standard InChI is InChI=1S/2C19H21ClFN3O.C11H13ClFN.C11H17N3O2.CO2.2ClH/c2*20-17-13(5-3-6-15(17)21)12-8-10-24(11-9-12)19(25)18-14-4-1-2-7-16(14)22-23-18;12-11-9(2-1-3-10(11)13)8-4-6-14-7-5-8;1-11(2,3)16-10(15)14-5-4-9-8(7-14)6-12-13-9;2-1-3;;/h2*3,5-6,12H,1-2,4,7-11H2,(H,22,23);1-3,8,14H,4-7H2;6H,4-5,7H2,1-3H3,(H,12,13);;2*1H. The molecule has 2 aliphatic carbocycles. The lowest BCUT2D eigenvalue weighted by Gasteiger charge is -2.32. The SMILES string of the molecule is CC(C)(C)OC(=O)N1CCc2[nH]ncc2C1.Cl.Cl.Fc1cccc(C2CCNCC2)c1Cl.O=C(c1n[nH]c2c1CCCC2)N1CCC(c2cccc(F)c2Cl)CC1.O=C(c1n[nH]c2c1CCCC2)N1CCC(c2cccc(F)c2Cl)CC1.O=C=O. The van der Waals surface area contributed by atoms with Gasteiger partial charge in [0.15, 0.2) is 11.4 Å². The van der Waals surface area contributed by atoms with E-state index >= 15 is 0 Å². The predicted octanol–water partition coefficient (Wildman–Crippen LogP) is 13.1. The van der Waals surface area contributed by atoms with E-state index in [0.29, 0.717) is 61.6 Å². The van der Waals surface area contributed by atoms with Crippen molar-refractivity contribution in [2.45, 2.75) is 147 Å². The largest absolute Gasteiger partial charge is 0.444 e. The zero-order valence-electron chi connectivity index (χ0n) is 48.0. The first kappa shape index (κ1) is 68.2. The quantitative estimate of drug-likeness (QED) is 0.129. The summed E-state index contributed by atoms with van der Waals surface area (Å²) in [5, 5.41) is 25.6. The van der Waals surface area contributed by atoms with Crippen LogP contribution < -0.4 is 5.32 Å². The van der Waals surface area contributed by atoms with Crippen molar-refractivity contribution in [2.75, 3.05) is 45.8 Å². The van der Waals surface area contributed by atoms with Crippen molar-refractivity contribution >= 4 is 83.7 Å². The molecule has 3 saturated heterocycles. The molecule has 6 aromatic rings. The molecule has 0 saturated carbocycles. The summed E-state index contributed by atoms with van der Waals surface area (Å²) < 4.78 is 45.9. The number of likely N-dealkylation sites (tertiary alicyclic amines) is 2. The van der Waals surface area contributed by atoms with Crippen LogP contribution >= 0.6 is 59.6 Å². The Balaban J connectivity index is 0.000000182. The number of aromatic nitrogens is 6. The summed E-state index contributed by atoms with van der Waals surface area (Å²) >= 11 is 18.2. The molecule has 0 atom stereocenters. The number of hydrogen-bond donors (Lipinski definition) is 4. The van der Waals surface area contributed by atoms with Crippen LogP contribution in [0, 0.1) is 17.5 Å². The number of nitrogens with one attached hydrogen (secondary N) is 4. The van der Waals surface area contributed by atoms with Crippen molar-refractivity contribution in [3.05, 3.63) is 155 Å². The molecule has 0 unspecified atom stereocenters. The Morgan fingerprint density at radius 2 is 0.965 bits per heavy atom. The summed E-state index contributed by atoms with van der Waals surface area (Å²) in [4.78, 5) is 59.2. The highest BCUT2D eigenvalue weighted by atomic mass is 35.5. The molecule has 3 amide bonds. The lowest BCUT2D eigenvalue weighted by Crippen LogP contribution is -2.39. The number of amides is 3. The second-order valence-electron chi connectivity index (χ2n) is 22.7. The monoisotopic (exact) mass is 1270 g/mol. The van der Waals surface area contributed by atoms with Gasteiger partial charge in [-0.25, -0.2) is 18.0 Å². The number of rotatable bonds is 5. The number of carbonyl (C=O) groups excluding carboxylic acids is 5. The number of benzene rings is 3. The summed E-state index contributed by atoms with van der Waals surface area (Å²) in [6.07, 6.45) is 16.2. The third kappa shape index (κ3) is 17.6. The van der Waals surface area contributed by atoms with E-state index in [9.17, 15) is 27.6 Å². The van der Waals surface area contributed by atoms with Crippen molar-refractivity contribution in [1.82, 2.24) is 50.6 Å². The number of ether oxygens (including phenoxy) is 1.